The molecule has 4 rings (SSSR count). The molecule has 0 radical (unpaired) electrons. The van der Waals surface area contributed by atoms with Crippen molar-refractivity contribution >= 4 is 40.9 Å². The van der Waals surface area contributed by atoms with E-state index in [0.29, 0.717) is 10.6 Å². The number of thioether (sulfide) groups is 1. The lowest BCUT2D eigenvalue weighted by Crippen LogP contribution is -2.71. The number of alkyl halides is 4. The van der Waals surface area contributed by atoms with Crippen molar-refractivity contribution in [3.8, 4) is 0 Å². The third-order valence-corrected chi connectivity index (χ3v) is 7.66. The minimum absolute atomic E-state index is 0.110. The number of fused-ring (bicyclic) bond motifs is 3. The molecule has 2 aromatic carbocycles. The molecule has 9 heteroatoms. The van der Waals surface area contributed by atoms with E-state index in [1.807, 2.05) is 19.9 Å². The summed E-state index contributed by atoms with van der Waals surface area (Å²) in [6.07, 6.45) is -4.69. The molecule has 2 aliphatic heterocycles. The number of carboxylic acid groups (broad SMARTS) is 1. The van der Waals surface area contributed by atoms with Crippen LogP contribution in [0.3, 0.4) is 0 Å². The highest BCUT2D eigenvalue weighted by atomic mass is 35.5. The lowest BCUT2D eigenvalue weighted by Gasteiger charge is -2.56. The van der Waals surface area contributed by atoms with Gasteiger partial charge in [0.15, 0.2) is 0 Å². The van der Waals surface area contributed by atoms with E-state index in [4.69, 9.17) is 11.6 Å². The Labute approximate surface area is 180 Å². The zero-order chi connectivity index (χ0) is 22.0. The van der Waals surface area contributed by atoms with Gasteiger partial charge in [-0.2, -0.15) is 13.2 Å². The van der Waals surface area contributed by atoms with Crippen LogP contribution < -0.4 is 4.90 Å². The first-order valence-electron chi connectivity index (χ1n) is 9.14. The molecule has 0 spiro atoms. The number of carbonyl (C=O) groups excluding carboxylic acids is 1. The standard InChI is InChI=1S/C21H17ClF3NO3S/c1-10-6-7-14-16(11(10)2)26-18(27)17(22)20(26,9-15(30-14)19(28)29)12-4-3-5-13(8-12)21(23,24)25/h3-8,15,17H,9H2,1-2H3,(H,28,29). The normalized spacial score (nSPS) is 25.8. The van der Waals surface area contributed by atoms with Gasteiger partial charge in [-0.3, -0.25) is 14.5 Å². The van der Waals surface area contributed by atoms with E-state index in [2.05, 4.69) is 0 Å². The first kappa shape index (κ1) is 21.1. The monoisotopic (exact) mass is 455 g/mol. The smallest absolute Gasteiger partial charge is 0.416 e. The second-order valence-electron chi connectivity index (χ2n) is 7.54. The minimum atomic E-state index is -4.58. The number of amides is 1. The Bertz CT molecular complexity index is 1070. The summed E-state index contributed by atoms with van der Waals surface area (Å²) in [5, 5.41) is 7.63. The molecule has 1 amide bonds. The van der Waals surface area contributed by atoms with E-state index in [1.165, 1.54) is 17.0 Å². The highest BCUT2D eigenvalue weighted by Gasteiger charge is 2.64. The third kappa shape index (κ3) is 2.92. The van der Waals surface area contributed by atoms with Crippen LogP contribution in [0.1, 0.15) is 28.7 Å². The summed E-state index contributed by atoms with van der Waals surface area (Å²) in [7, 11) is 0. The van der Waals surface area contributed by atoms with Gasteiger partial charge in [-0.25, -0.2) is 0 Å². The number of β-lactam (4-membered cyclic amide) rings is 1. The molecule has 1 fully saturated rings. The molecule has 2 heterocycles. The second-order valence-corrected chi connectivity index (χ2v) is 9.22. The number of benzene rings is 2. The predicted octanol–water partition coefficient (Wildman–Crippen LogP) is 5.12. The molecule has 2 aliphatic rings. The van der Waals surface area contributed by atoms with Gasteiger partial charge in [0.2, 0.25) is 5.91 Å². The number of nitrogens with zero attached hydrogens (tertiary/aromatic N) is 1. The molecule has 3 unspecified atom stereocenters. The van der Waals surface area contributed by atoms with E-state index >= 15 is 0 Å². The van der Waals surface area contributed by atoms with E-state index < -0.39 is 39.8 Å². The maximum Gasteiger partial charge on any atom is 0.416 e. The van der Waals surface area contributed by atoms with Crippen molar-refractivity contribution < 1.29 is 27.9 Å². The van der Waals surface area contributed by atoms with Crippen molar-refractivity contribution in [3.05, 3.63) is 58.7 Å². The number of carbonyl (C=O) groups is 2. The zero-order valence-corrected chi connectivity index (χ0v) is 17.5. The molecule has 2 aromatic rings. The summed E-state index contributed by atoms with van der Waals surface area (Å²) < 4.78 is 40.1. The Kier molecular flexibility index (Phi) is 4.86. The zero-order valence-electron chi connectivity index (χ0n) is 16.0. The van der Waals surface area contributed by atoms with Crippen molar-refractivity contribution in [2.75, 3.05) is 4.90 Å². The number of anilines is 1. The number of rotatable bonds is 2. The van der Waals surface area contributed by atoms with Crippen molar-refractivity contribution in [1.29, 1.82) is 0 Å². The van der Waals surface area contributed by atoms with Crippen LogP contribution in [0.5, 0.6) is 0 Å². The highest BCUT2D eigenvalue weighted by molar-refractivity contribution is 8.00. The number of hydrogen-bond donors (Lipinski definition) is 1. The van der Waals surface area contributed by atoms with Crippen LogP contribution in [-0.4, -0.2) is 27.6 Å². The fourth-order valence-corrected chi connectivity index (χ4v) is 5.85. The third-order valence-electron chi connectivity index (χ3n) is 5.87. The summed E-state index contributed by atoms with van der Waals surface area (Å²) in [6, 6.07) is 8.22. The quantitative estimate of drug-likeness (QED) is 0.504. The Hall–Kier alpha value is -2.19. The highest BCUT2D eigenvalue weighted by Crippen LogP contribution is 2.58. The van der Waals surface area contributed by atoms with Crippen molar-refractivity contribution in [3.63, 3.8) is 0 Å². The number of halogens is 4. The molecule has 0 bridgehead atoms. The van der Waals surface area contributed by atoms with Crippen LogP contribution in [0, 0.1) is 13.8 Å². The lowest BCUT2D eigenvalue weighted by atomic mass is 9.72. The molecule has 4 nitrogen and oxygen atoms in total. The first-order valence-corrected chi connectivity index (χ1v) is 10.5. The van der Waals surface area contributed by atoms with Crippen LogP contribution in [-0.2, 0) is 21.3 Å². The summed E-state index contributed by atoms with van der Waals surface area (Å²) in [6.45, 7) is 3.66. The van der Waals surface area contributed by atoms with E-state index in [9.17, 15) is 27.9 Å². The fourth-order valence-electron chi connectivity index (χ4n) is 4.19. The topological polar surface area (TPSA) is 57.6 Å². The number of hydrogen-bond acceptors (Lipinski definition) is 3. The average Bonchev–Trinajstić information content (AvgIpc) is 2.83. The van der Waals surface area contributed by atoms with Gasteiger partial charge in [0.05, 0.1) is 16.8 Å². The Balaban J connectivity index is 2.00. The van der Waals surface area contributed by atoms with Gasteiger partial charge in [0.1, 0.15) is 10.6 Å². The Morgan fingerprint density at radius 1 is 1.27 bits per heavy atom. The molecule has 0 aromatic heterocycles. The fraction of sp³-hybridized carbons (Fsp3) is 0.333. The van der Waals surface area contributed by atoms with Crippen LogP contribution >= 0.6 is 23.4 Å². The molecule has 0 saturated carbocycles. The van der Waals surface area contributed by atoms with Gasteiger partial charge in [-0.1, -0.05) is 18.2 Å². The maximum atomic E-state index is 13.4. The molecule has 3 atom stereocenters. The Morgan fingerprint density at radius 3 is 2.60 bits per heavy atom. The van der Waals surface area contributed by atoms with Crippen LogP contribution in [0.4, 0.5) is 18.9 Å². The molecule has 1 saturated heterocycles. The first-order chi connectivity index (χ1) is 14.0. The molecule has 1 N–H and O–H groups in total. The molecule has 0 aliphatic carbocycles. The summed E-state index contributed by atoms with van der Waals surface area (Å²) >= 11 is 7.55. The summed E-state index contributed by atoms with van der Waals surface area (Å²) in [5.74, 6) is -1.56. The van der Waals surface area contributed by atoms with Gasteiger partial charge in [-0.05, 0) is 48.7 Å². The molecule has 158 valence electrons. The van der Waals surface area contributed by atoms with E-state index in [0.717, 1.165) is 35.0 Å². The summed E-state index contributed by atoms with van der Waals surface area (Å²) in [5.41, 5.74) is 0.0778. The summed E-state index contributed by atoms with van der Waals surface area (Å²) in [4.78, 5) is 26.9. The minimum Gasteiger partial charge on any atom is -0.480 e. The van der Waals surface area contributed by atoms with Crippen molar-refractivity contribution in [2.24, 2.45) is 0 Å². The number of aryl methyl sites for hydroxylation is 1. The van der Waals surface area contributed by atoms with E-state index in [-0.39, 0.29) is 12.0 Å². The van der Waals surface area contributed by atoms with Crippen LogP contribution in [0.25, 0.3) is 0 Å². The van der Waals surface area contributed by atoms with Crippen molar-refractivity contribution in [2.45, 2.75) is 47.5 Å². The van der Waals surface area contributed by atoms with Gasteiger partial charge in [-0.15, -0.1) is 23.4 Å². The molecular weight excluding hydrogens is 439 g/mol. The Morgan fingerprint density at radius 2 is 1.97 bits per heavy atom. The average molecular weight is 456 g/mol. The van der Waals surface area contributed by atoms with Crippen molar-refractivity contribution in [1.82, 2.24) is 0 Å². The maximum absolute atomic E-state index is 13.4. The van der Waals surface area contributed by atoms with Gasteiger partial charge in [0.25, 0.3) is 0 Å². The van der Waals surface area contributed by atoms with Gasteiger partial charge >= 0.3 is 12.1 Å². The number of carboxylic acids is 1. The van der Waals surface area contributed by atoms with Crippen LogP contribution in [0.15, 0.2) is 41.3 Å². The predicted molar refractivity (Wildman–Crippen MR) is 108 cm³/mol. The van der Waals surface area contributed by atoms with Gasteiger partial charge in [0, 0.05) is 11.3 Å². The lowest BCUT2D eigenvalue weighted by molar-refractivity contribution is -0.139. The van der Waals surface area contributed by atoms with Gasteiger partial charge < -0.3 is 5.11 Å². The molecular formula is C21H17ClF3NO3S. The van der Waals surface area contributed by atoms with Crippen LogP contribution in [0.2, 0.25) is 0 Å². The largest absolute Gasteiger partial charge is 0.480 e. The SMILES string of the molecule is Cc1ccc2c(c1C)N1C(=O)C(Cl)C1(c1cccc(C(F)(F)F)c1)CC(C(=O)O)S2. The second kappa shape index (κ2) is 6.92. The van der Waals surface area contributed by atoms with E-state index in [1.54, 1.807) is 6.07 Å². The number of aliphatic carboxylic acids is 1. The molecule has 30 heavy (non-hydrogen) atoms.